The van der Waals surface area contributed by atoms with Crippen molar-refractivity contribution in [3.63, 3.8) is 0 Å². The maximum absolute atomic E-state index is 13.3. The first-order valence-electron chi connectivity index (χ1n) is 11.0. The van der Waals surface area contributed by atoms with Gasteiger partial charge >= 0.3 is 5.69 Å². The summed E-state index contributed by atoms with van der Waals surface area (Å²) in [5.74, 6) is 1.44. The number of carbonyl (C=O) groups excluding carboxylic acids is 1. The molecule has 0 bridgehead atoms. The minimum Gasteiger partial charge on any atom is -0.341 e. The van der Waals surface area contributed by atoms with Crippen molar-refractivity contribution in [2.75, 3.05) is 13.1 Å². The third-order valence-corrected chi connectivity index (χ3v) is 7.12. The third-order valence-electron chi connectivity index (χ3n) is 7.12. The molecule has 2 aliphatic heterocycles. The molecular formula is C23H30N4O2. The van der Waals surface area contributed by atoms with E-state index in [2.05, 4.69) is 43.2 Å². The maximum Gasteiger partial charge on any atom is 0.346 e. The van der Waals surface area contributed by atoms with E-state index >= 15 is 0 Å². The van der Waals surface area contributed by atoms with Gasteiger partial charge in [-0.15, -0.1) is 0 Å². The van der Waals surface area contributed by atoms with Crippen LogP contribution in [0.4, 0.5) is 0 Å². The van der Waals surface area contributed by atoms with Crippen molar-refractivity contribution in [2.24, 2.45) is 5.92 Å². The van der Waals surface area contributed by atoms with Crippen LogP contribution in [-0.4, -0.2) is 38.2 Å². The van der Waals surface area contributed by atoms with Crippen LogP contribution in [-0.2, 0) is 23.2 Å². The number of aromatic nitrogens is 3. The van der Waals surface area contributed by atoms with Crippen molar-refractivity contribution in [1.82, 2.24) is 19.2 Å². The molecule has 2 atom stereocenters. The number of nitrogens with zero attached hydrogens (tertiary/aromatic N) is 4. The lowest BCUT2D eigenvalue weighted by Crippen LogP contribution is -2.42. The first-order valence-corrected chi connectivity index (χ1v) is 11.0. The smallest absolute Gasteiger partial charge is 0.341 e. The minimum absolute atomic E-state index is 0.0198. The van der Waals surface area contributed by atoms with Crippen molar-refractivity contribution < 1.29 is 4.79 Å². The number of hydrogen-bond donors (Lipinski definition) is 0. The van der Waals surface area contributed by atoms with Crippen molar-refractivity contribution in [3.8, 4) is 0 Å². The predicted octanol–water partition coefficient (Wildman–Crippen LogP) is 2.83. The monoisotopic (exact) mass is 394 g/mol. The van der Waals surface area contributed by atoms with Gasteiger partial charge in [0.15, 0.2) is 0 Å². The van der Waals surface area contributed by atoms with E-state index in [4.69, 9.17) is 0 Å². The van der Waals surface area contributed by atoms with E-state index in [1.165, 1.54) is 11.1 Å². The molecular weight excluding hydrogens is 364 g/mol. The molecule has 154 valence electrons. The minimum atomic E-state index is -0.375. The molecule has 0 spiro atoms. The molecule has 3 heterocycles. The molecule has 1 saturated carbocycles. The van der Waals surface area contributed by atoms with Crippen molar-refractivity contribution in [3.05, 3.63) is 51.7 Å². The van der Waals surface area contributed by atoms with Crippen molar-refractivity contribution >= 4 is 5.91 Å². The van der Waals surface area contributed by atoms with Crippen LogP contribution in [0.15, 0.2) is 29.1 Å². The van der Waals surface area contributed by atoms with Crippen LogP contribution >= 0.6 is 0 Å². The molecule has 2 fully saturated rings. The van der Waals surface area contributed by atoms with Gasteiger partial charge in [-0.3, -0.25) is 9.36 Å². The number of benzene rings is 1. The standard InChI is InChI=1S/C23H30N4O2/c1-16-6-8-18(9-7-16)23(11-12-23)15-26-22(29)27-19(4-3-5-20(27)24-26)21(28)25-13-10-17(2)14-25/h6-9,17,19H,3-5,10-15H2,1-2H3/t17-,19-/m0/s1. The van der Waals surface area contributed by atoms with Gasteiger partial charge in [0, 0.05) is 24.9 Å². The van der Waals surface area contributed by atoms with E-state index < -0.39 is 0 Å². The summed E-state index contributed by atoms with van der Waals surface area (Å²) in [6.07, 6.45) is 5.65. The quantitative estimate of drug-likeness (QED) is 0.801. The number of carbonyl (C=O) groups is 1. The Hall–Kier alpha value is -2.37. The number of rotatable bonds is 4. The lowest BCUT2D eigenvalue weighted by atomic mass is 9.95. The Kier molecular flexibility index (Phi) is 4.41. The summed E-state index contributed by atoms with van der Waals surface area (Å²) in [4.78, 5) is 28.4. The summed E-state index contributed by atoms with van der Waals surface area (Å²) >= 11 is 0. The van der Waals surface area contributed by atoms with Crippen molar-refractivity contribution in [2.45, 2.75) is 70.4 Å². The van der Waals surface area contributed by atoms with E-state index in [9.17, 15) is 9.59 Å². The van der Waals surface area contributed by atoms with Gasteiger partial charge in [0.2, 0.25) is 5.91 Å². The summed E-state index contributed by atoms with van der Waals surface area (Å²) < 4.78 is 3.35. The summed E-state index contributed by atoms with van der Waals surface area (Å²) in [5.41, 5.74) is 2.45. The first-order chi connectivity index (χ1) is 14.0. The average Bonchev–Trinajstić information content (AvgIpc) is 3.26. The van der Waals surface area contributed by atoms with Gasteiger partial charge in [-0.1, -0.05) is 36.8 Å². The third kappa shape index (κ3) is 3.22. The van der Waals surface area contributed by atoms with E-state index in [1.54, 1.807) is 9.25 Å². The second kappa shape index (κ2) is 6.85. The molecule has 3 aliphatic rings. The number of likely N-dealkylation sites (tertiary alicyclic amines) is 1. The van der Waals surface area contributed by atoms with Crippen LogP contribution in [0.5, 0.6) is 0 Å². The SMILES string of the molecule is Cc1ccc(C2(Cn3nc4n(c3=O)[C@H](C(=O)N3CC[C@H](C)C3)CCC4)CC2)cc1. The number of amides is 1. The molecule has 1 amide bonds. The van der Waals surface area contributed by atoms with E-state index in [-0.39, 0.29) is 23.1 Å². The van der Waals surface area contributed by atoms with Crippen LogP contribution in [0.1, 0.15) is 62.0 Å². The molecule has 1 aromatic heterocycles. The molecule has 0 N–H and O–H groups in total. The van der Waals surface area contributed by atoms with E-state index in [1.807, 2.05) is 4.90 Å². The molecule has 6 heteroatoms. The van der Waals surface area contributed by atoms with Gasteiger partial charge < -0.3 is 4.90 Å². The van der Waals surface area contributed by atoms with Crippen LogP contribution in [0.3, 0.4) is 0 Å². The highest BCUT2D eigenvalue weighted by Crippen LogP contribution is 2.49. The number of aryl methyl sites for hydroxylation is 2. The van der Waals surface area contributed by atoms with Crippen LogP contribution < -0.4 is 5.69 Å². The normalized spacial score (nSPS) is 25.1. The van der Waals surface area contributed by atoms with Gasteiger partial charge in [-0.2, -0.15) is 5.10 Å². The second-order valence-corrected chi connectivity index (χ2v) is 9.46. The molecule has 6 nitrogen and oxygen atoms in total. The summed E-state index contributed by atoms with van der Waals surface area (Å²) in [7, 11) is 0. The molecule has 1 aromatic carbocycles. The van der Waals surface area contributed by atoms with Gasteiger partial charge in [-0.05, 0) is 50.5 Å². The highest BCUT2D eigenvalue weighted by atomic mass is 16.2. The Balaban J connectivity index is 1.43. The zero-order chi connectivity index (χ0) is 20.2. The zero-order valence-electron chi connectivity index (χ0n) is 17.4. The summed E-state index contributed by atoms with van der Waals surface area (Å²) in [6, 6.07) is 8.28. The van der Waals surface area contributed by atoms with Gasteiger partial charge in [-0.25, -0.2) is 9.48 Å². The van der Waals surface area contributed by atoms with Gasteiger partial charge in [0.1, 0.15) is 11.9 Å². The number of hydrogen-bond acceptors (Lipinski definition) is 3. The summed E-state index contributed by atoms with van der Waals surface area (Å²) in [6.45, 7) is 6.51. The predicted molar refractivity (Wildman–Crippen MR) is 111 cm³/mol. The fourth-order valence-electron chi connectivity index (χ4n) is 5.10. The Morgan fingerprint density at radius 1 is 1.21 bits per heavy atom. The van der Waals surface area contributed by atoms with Crippen LogP contribution in [0.25, 0.3) is 0 Å². The molecule has 5 rings (SSSR count). The van der Waals surface area contributed by atoms with E-state index in [0.29, 0.717) is 12.5 Å². The Bertz CT molecular complexity index is 983. The van der Waals surface area contributed by atoms with Crippen LogP contribution in [0.2, 0.25) is 0 Å². The Morgan fingerprint density at radius 3 is 2.62 bits per heavy atom. The molecule has 0 unspecified atom stereocenters. The Morgan fingerprint density at radius 2 is 1.97 bits per heavy atom. The van der Waals surface area contributed by atoms with Crippen molar-refractivity contribution in [1.29, 1.82) is 0 Å². The molecule has 29 heavy (non-hydrogen) atoms. The van der Waals surface area contributed by atoms with Gasteiger partial charge in [0.25, 0.3) is 0 Å². The fraction of sp³-hybridized carbons (Fsp3) is 0.609. The lowest BCUT2D eigenvalue weighted by Gasteiger charge is -2.27. The highest BCUT2D eigenvalue weighted by Gasteiger charge is 2.46. The zero-order valence-corrected chi connectivity index (χ0v) is 17.4. The fourth-order valence-corrected chi connectivity index (χ4v) is 5.10. The highest BCUT2D eigenvalue weighted by molar-refractivity contribution is 5.81. The van der Waals surface area contributed by atoms with Crippen LogP contribution in [0, 0.1) is 12.8 Å². The Labute approximate surface area is 171 Å². The molecule has 1 aliphatic carbocycles. The first kappa shape index (κ1) is 18.6. The topological polar surface area (TPSA) is 60.1 Å². The molecule has 0 radical (unpaired) electrons. The molecule has 2 aromatic rings. The largest absolute Gasteiger partial charge is 0.346 e. The average molecular weight is 395 g/mol. The lowest BCUT2D eigenvalue weighted by molar-refractivity contribution is -0.134. The van der Waals surface area contributed by atoms with E-state index in [0.717, 1.165) is 57.4 Å². The maximum atomic E-state index is 13.3. The molecule has 1 saturated heterocycles. The van der Waals surface area contributed by atoms with Gasteiger partial charge in [0.05, 0.1) is 6.54 Å². The number of fused-ring (bicyclic) bond motifs is 1. The second-order valence-electron chi connectivity index (χ2n) is 9.46. The summed E-state index contributed by atoms with van der Waals surface area (Å²) in [5, 5.41) is 4.69.